The van der Waals surface area contributed by atoms with Crippen molar-refractivity contribution in [2.24, 2.45) is 0 Å². The van der Waals surface area contributed by atoms with Crippen molar-refractivity contribution in [1.29, 1.82) is 0 Å². The molecule has 0 atom stereocenters. The van der Waals surface area contributed by atoms with Crippen LogP contribution in [0.25, 0.3) is 21.8 Å². The molecule has 0 saturated carbocycles. The highest BCUT2D eigenvalue weighted by atomic mass is 16.6. The molecule has 2 aromatic heterocycles. The molecular formula is C23H21N5O4. The molecule has 2 N–H and O–H groups in total. The van der Waals surface area contributed by atoms with Gasteiger partial charge in [0.2, 0.25) is 5.91 Å². The van der Waals surface area contributed by atoms with Crippen LogP contribution in [0.2, 0.25) is 0 Å². The number of H-pyrrole nitrogens is 2. The number of nitro benzene ring substituents is 1. The van der Waals surface area contributed by atoms with Gasteiger partial charge in [-0.05, 0) is 17.7 Å². The molecule has 32 heavy (non-hydrogen) atoms. The fourth-order valence-corrected chi connectivity index (χ4v) is 4.28. The van der Waals surface area contributed by atoms with Crippen molar-refractivity contribution in [2.45, 2.75) is 6.42 Å². The monoisotopic (exact) mass is 431 g/mol. The maximum Gasteiger partial charge on any atom is 0.270 e. The Bertz CT molecular complexity index is 1350. The minimum atomic E-state index is -0.473. The van der Waals surface area contributed by atoms with Gasteiger partial charge < -0.3 is 19.8 Å². The highest BCUT2D eigenvalue weighted by Crippen LogP contribution is 2.25. The van der Waals surface area contributed by atoms with Crippen LogP contribution in [0.1, 0.15) is 15.9 Å². The second-order valence-corrected chi connectivity index (χ2v) is 7.90. The number of benzene rings is 2. The quantitative estimate of drug-likeness (QED) is 0.382. The van der Waals surface area contributed by atoms with Gasteiger partial charge in [0.25, 0.3) is 11.6 Å². The first-order chi connectivity index (χ1) is 15.5. The minimum Gasteiger partial charge on any atom is -0.361 e. The maximum absolute atomic E-state index is 13.1. The Balaban J connectivity index is 1.26. The molecule has 0 spiro atoms. The van der Waals surface area contributed by atoms with Gasteiger partial charge in [-0.25, -0.2) is 0 Å². The lowest BCUT2D eigenvalue weighted by Gasteiger charge is -2.34. The number of nitro groups is 1. The lowest BCUT2D eigenvalue weighted by molar-refractivity contribution is -0.384. The van der Waals surface area contributed by atoms with Gasteiger partial charge in [-0.3, -0.25) is 19.7 Å². The molecular weight excluding hydrogens is 410 g/mol. The van der Waals surface area contributed by atoms with E-state index >= 15 is 0 Å². The third-order valence-corrected chi connectivity index (χ3v) is 6.04. The van der Waals surface area contributed by atoms with Crippen molar-refractivity contribution in [3.8, 4) is 0 Å². The van der Waals surface area contributed by atoms with Gasteiger partial charge in [-0.1, -0.05) is 18.2 Å². The summed E-state index contributed by atoms with van der Waals surface area (Å²) in [6.07, 6.45) is 3.77. The first-order valence-corrected chi connectivity index (χ1v) is 10.4. The second-order valence-electron chi connectivity index (χ2n) is 7.90. The van der Waals surface area contributed by atoms with Gasteiger partial charge >= 0.3 is 0 Å². The van der Waals surface area contributed by atoms with Crippen molar-refractivity contribution in [3.05, 3.63) is 76.1 Å². The standard InChI is InChI=1S/C23H21N5O4/c29-22(11-15-13-24-20-4-2-1-3-17(15)20)26-7-9-27(10-8-26)23(30)19-14-25-21-6-5-16(28(31)32)12-18(19)21/h1-6,12-14,24-25H,7-11H2. The third-order valence-electron chi connectivity index (χ3n) is 6.04. The number of aromatic amines is 2. The molecule has 0 aliphatic carbocycles. The Kier molecular flexibility index (Phi) is 4.85. The Morgan fingerprint density at radius 3 is 2.38 bits per heavy atom. The van der Waals surface area contributed by atoms with Crippen LogP contribution in [-0.4, -0.2) is 62.7 Å². The molecule has 2 aromatic carbocycles. The van der Waals surface area contributed by atoms with E-state index in [2.05, 4.69) is 9.97 Å². The van der Waals surface area contributed by atoms with Crippen LogP contribution in [-0.2, 0) is 11.2 Å². The molecule has 2 amide bonds. The van der Waals surface area contributed by atoms with Crippen molar-refractivity contribution in [1.82, 2.24) is 19.8 Å². The highest BCUT2D eigenvalue weighted by Gasteiger charge is 2.27. The molecule has 4 aromatic rings. The van der Waals surface area contributed by atoms with Crippen molar-refractivity contribution in [2.75, 3.05) is 26.2 Å². The molecule has 3 heterocycles. The number of fused-ring (bicyclic) bond motifs is 2. The van der Waals surface area contributed by atoms with Crippen LogP contribution in [0.4, 0.5) is 5.69 Å². The molecule has 9 heteroatoms. The summed E-state index contributed by atoms with van der Waals surface area (Å²) < 4.78 is 0. The summed E-state index contributed by atoms with van der Waals surface area (Å²) in [7, 11) is 0. The first kappa shape index (κ1) is 19.8. The minimum absolute atomic E-state index is 0.0320. The SMILES string of the molecule is O=C(Cc1c[nH]c2ccccc12)N1CCN(C(=O)c2c[nH]c3ccc([N+](=O)[O-])cc23)CC1. The summed E-state index contributed by atoms with van der Waals surface area (Å²) >= 11 is 0. The summed E-state index contributed by atoms with van der Waals surface area (Å²) in [6.45, 7) is 1.74. The summed E-state index contributed by atoms with van der Waals surface area (Å²) in [4.78, 5) is 46.2. The molecule has 1 fully saturated rings. The zero-order valence-electron chi connectivity index (χ0n) is 17.2. The van der Waals surface area contributed by atoms with Crippen LogP contribution in [0.15, 0.2) is 54.9 Å². The van der Waals surface area contributed by atoms with E-state index in [4.69, 9.17) is 0 Å². The van der Waals surface area contributed by atoms with Crippen molar-refractivity contribution >= 4 is 39.3 Å². The topological polar surface area (TPSA) is 115 Å². The fraction of sp³-hybridized carbons (Fsp3) is 0.217. The van der Waals surface area contributed by atoms with Crippen LogP contribution < -0.4 is 0 Å². The number of hydrogen-bond donors (Lipinski definition) is 2. The number of rotatable bonds is 4. The third kappa shape index (κ3) is 3.47. The number of nitrogens with one attached hydrogen (secondary N) is 2. The van der Waals surface area contributed by atoms with E-state index in [9.17, 15) is 19.7 Å². The van der Waals surface area contributed by atoms with Gasteiger partial charge in [0, 0.05) is 72.5 Å². The van der Waals surface area contributed by atoms with E-state index in [1.165, 1.54) is 12.1 Å². The van der Waals surface area contributed by atoms with Gasteiger partial charge in [0.1, 0.15) is 0 Å². The van der Waals surface area contributed by atoms with Gasteiger partial charge in [-0.2, -0.15) is 0 Å². The van der Waals surface area contributed by atoms with E-state index < -0.39 is 4.92 Å². The van der Waals surface area contributed by atoms with Gasteiger partial charge in [0.15, 0.2) is 0 Å². The van der Waals surface area contributed by atoms with Crippen molar-refractivity contribution in [3.63, 3.8) is 0 Å². The summed E-state index contributed by atoms with van der Waals surface area (Å²) in [6, 6.07) is 12.3. The van der Waals surface area contributed by atoms with Gasteiger partial charge in [0.05, 0.1) is 16.9 Å². The number of carbonyl (C=O) groups is 2. The van der Waals surface area contributed by atoms with Crippen molar-refractivity contribution < 1.29 is 14.5 Å². The Hall–Kier alpha value is -4.14. The number of nitrogens with zero attached hydrogens (tertiary/aromatic N) is 3. The molecule has 5 rings (SSSR count). The fourth-order valence-electron chi connectivity index (χ4n) is 4.28. The first-order valence-electron chi connectivity index (χ1n) is 10.4. The number of piperazine rings is 1. The van der Waals surface area contributed by atoms with Crippen LogP contribution in [0.3, 0.4) is 0 Å². The second kappa shape index (κ2) is 7.84. The van der Waals surface area contributed by atoms with E-state index in [0.29, 0.717) is 49.1 Å². The zero-order valence-corrected chi connectivity index (χ0v) is 17.2. The summed E-state index contributed by atoms with van der Waals surface area (Å²) in [5.74, 6) is -0.162. The normalized spacial score (nSPS) is 14.2. The molecule has 0 unspecified atom stereocenters. The van der Waals surface area contributed by atoms with E-state index in [1.807, 2.05) is 30.5 Å². The smallest absolute Gasteiger partial charge is 0.270 e. The van der Waals surface area contributed by atoms with E-state index in [-0.39, 0.29) is 17.5 Å². The van der Waals surface area contributed by atoms with Gasteiger partial charge in [-0.15, -0.1) is 0 Å². The Labute approximate surface area is 182 Å². The van der Waals surface area contributed by atoms with Crippen LogP contribution in [0, 0.1) is 10.1 Å². The summed E-state index contributed by atoms with van der Waals surface area (Å²) in [5.41, 5.74) is 2.99. The molecule has 0 bridgehead atoms. The van der Waals surface area contributed by atoms with E-state index in [0.717, 1.165) is 16.5 Å². The predicted octanol–water partition coefficient (Wildman–Crippen LogP) is 3.08. The molecule has 9 nitrogen and oxygen atoms in total. The molecule has 1 saturated heterocycles. The Morgan fingerprint density at radius 2 is 1.59 bits per heavy atom. The lowest BCUT2D eigenvalue weighted by Crippen LogP contribution is -2.51. The van der Waals surface area contributed by atoms with Crippen LogP contribution >= 0.6 is 0 Å². The average Bonchev–Trinajstić information content (AvgIpc) is 3.42. The lowest BCUT2D eigenvalue weighted by atomic mass is 10.1. The Morgan fingerprint density at radius 1 is 0.906 bits per heavy atom. The number of aromatic nitrogens is 2. The molecule has 1 aliphatic heterocycles. The number of amides is 2. The zero-order chi connectivity index (χ0) is 22.2. The predicted molar refractivity (Wildman–Crippen MR) is 119 cm³/mol. The average molecular weight is 431 g/mol. The highest BCUT2D eigenvalue weighted by molar-refractivity contribution is 6.07. The molecule has 162 valence electrons. The number of para-hydroxylation sites is 1. The maximum atomic E-state index is 13.1. The number of carbonyl (C=O) groups excluding carboxylic acids is 2. The number of non-ortho nitro benzene ring substituents is 1. The summed E-state index contributed by atoms with van der Waals surface area (Å²) in [5, 5.41) is 12.7. The molecule has 1 aliphatic rings. The van der Waals surface area contributed by atoms with E-state index in [1.54, 1.807) is 22.1 Å². The van der Waals surface area contributed by atoms with Crippen LogP contribution in [0.5, 0.6) is 0 Å². The largest absolute Gasteiger partial charge is 0.361 e. The molecule has 0 radical (unpaired) electrons. The number of hydrogen-bond acceptors (Lipinski definition) is 4.